The molecule has 9 heteroatoms. The SMILES string of the molecule is O=C(Nc1ccc(C(=O)Nc2ccc(Oc3ccncc3)cc2)c(O)c1)c1cc(F)cc(F)c1. The predicted octanol–water partition coefficient (Wildman–Crippen LogP) is 5.36. The lowest BCUT2D eigenvalue weighted by Crippen LogP contribution is -2.14. The molecule has 0 aliphatic heterocycles. The first-order valence-corrected chi connectivity index (χ1v) is 9.97. The fourth-order valence-corrected chi connectivity index (χ4v) is 3.04. The van der Waals surface area contributed by atoms with Crippen molar-refractivity contribution in [2.24, 2.45) is 0 Å². The molecule has 4 aromatic rings. The minimum atomic E-state index is -0.892. The van der Waals surface area contributed by atoms with Gasteiger partial charge >= 0.3 is 0 Å². The highest BCUT2D eigenvalue weighted by Crippen LogP contribution is 2.26. The molecule has 0 aliphatic rings. The largest absolute Gasteiger partial charge is 0.507 e. The number of hydrogen-bond acceptors (Lipinski definition) is 5. The molecule has 2 amide bonds. The van der Waals surface area contributed by atoms with Crippen LogP contribution in [0.2, 0.25) is 0 Å². The van der Waals surface area contributed by atoms with E-state index in [1.807, 2.05) is 0 Å². The van der Waals surface area contributed by atoms with Gasteiger partial charge in [0.1, 0.15) is 28.9 Å². The number of carbonyl (C=O) groups is 2. The third-order valence-electron chi connectivity index (χ3n) is 4.62. The number of hydrogen-bond donors (Lipinski definition) is 3. The topological polar surface area (TPSA) is 101 Å². The summed E-state index contributed by atoms with van der Waals surface area (Å²) in [5, 5.41) is 15.3. The maximum Gasteiger partial charge on any atom is 0.259 e. The van der Waals surface area contributed by atoms with Gasteiger partial charge in [0.2, 0.25) is 0 Å². The number of aromatic hydroxyl groups is 1. The Morgan fingerprint density at radius 1 is 0.735 bits per heavy atom. The zero-order chi connectivity index (χ0) is 24.1. The summed E-state index contributed by atoms with van der Waals surface area (Å²) in [5.74, 6) is -2.35. The lowest BCUT2D eigenvalue weighted by molar-refractivity contribution is 0.101. The van der Waals surface area contributed by atoms with Crippen LogP contribution in [-0.2, 0) is 0 Å². The molecule has 0 bridgehead atoms. The van der Waals surface area contributed by atoms with Crippen molar-refractivity contribution in [1.29, 1.82) is 0 Å². The second-order valence-electron chi connectivity index (χ2n) is 7.11. The number of nitrogens with zero attached hydrogens (tertiary/aromatic N) is 1. The normalized spacial score (nSPS) is 10.4. The Kier molecular flexibility index (Phi) is 6.45. The number of phenolic OH excluding ortho intramolecular Hbond substituents is 1. The Balaban J connectivity index is 1.40. The van der Waals surface area contributed by atoms with E-state index in [2.05, 4.69) is 15.6 Å². The van der Waals surface area contributed by atoms with Gasteiger partial charge in [0.05, 0.1) is 5.56 Å². The summed E-state index contributed by atoms with van der Waals surface area (Å²) in [6, 6.07) is 16.3. The van der Waals surface area contributed by atoms with E-state index < -0.39 is 29.2 Å². The van der Waals surface area contributed by atoms with Gasteiger partial charge in [0.15, 0.2) is 0 Å². The molecule has 0 unspecified atom stereocenters. The summed E-state index contributed by atoms with van der Waals surface area (Å²) in [6.45, 7) is 0. The van der Waals surface area contributed by atoms with E-state index >= 15 is 0 Å². The van der Waals surface area contributed by atoms with E-state index in [9.17, 15) is 23.5 Å². The van der Waals surface area contributed by atoms with Crippen LogP contribution in [0.25, 0.3) is 0 Å². The number of nitrogens with one attached hydrogen (secondary N) is 2. The first-order valence-electron chi connectivity index (χ1n) is 9.97. The summed E-state index contributed by atoms with van der Waals surface area (Å²) in [6.07, 6.45) is 3.21. The molecule has 0 radical (unpaired) electrons. The van der Waals surface area contributed by atoms with Crippen molar-refractivity contribution in [3.63, 3.8) is 0 Å². The van der Waals surface area contributed by atoms with E-state index in [1.54, 1.807) is 48.8 Å². The number of ether oxygens (including phenoxy) is 1. The van der Waals surface area contributed by atoms with Gasteiger partial charge in [-0.2, -0.15) is 0 Å². The predicted molar refractivity (Wildman–Crippen MR) is 121 cm³/mol. The van der Waals surface area contributed by atoms with Crippen molar-refractivity contribution >= 4 is 23.2 Å². The van der Waals surface area contributed by atoms with Crippen molar-refractivity contribution in [3.8, 4) is 17.2 Å². The summed E-state index contributed by atoms with van der Waals surface area (Å²) in [5.41, 5.74) is 0.348. The fraction of sp³-hybridized carbons (Fsp3) is 0. The van der Waals surface area contributed by atoms with Crippen LogP contribution in [0.5, 0.6) is 17.2 Å². The van der Waals surface area contributed by atoms with Gasteiger partial charge in [-0.1, -0.05) is 0 Å². The van der Waals surface area contributed by atoms with Gasteiger partial charge in [-0.05, 0) is 60.7 Å². The highest BCUT2D eigenvalue weighted by atomic mass is 19.1. The third-order valence-corrected chi connectivity index (χ3v) is 4.62. The number of carbonyl (C=O) groups excluding carboxylic acids is 2. The van der Waals surface area contributed by atoms with Gasteiger partial charge in [-0.25, -0.2) is 8.78 Å². The standard InChI is InChI=1S/C25H17F2N3O4/c26-16-11-15(12-17(27)13-16)24(32)30-19-3-6-22(23(31)14-19)25(33)29-18-1-4-20(5-2-18)34-21-7-9-28-10-8-21/h1-14,31H,(H,29,33)(H,30,32). The number of anilines is 2. The molecule has 7 nitrogen and oxygen atoms in total. The summed E-state index contributed by atoms with van der Waals surface area (Å²) >= 11 is 0. The van der Waals surface area contributed by atoms with Gasteiger partial charge in [0.25, 0.3) is 11.8 Å². The number of aromatic nitrogens is 1. The first kappa shape index (κ1) is 22.4. The summed E-state index contributed by atoms with van der Waals surface area (Å²) in [4.78, 5) is 28.7. The average Bonchev–Trinajstić information content (AvgIpc) is 2.80. The van der Waals surface area contributed by atoms with Crippen LogP contribution in [0.15, 0.2) is 85.2 Å². The lowest BCUT2D eigenvalue weighted by atomic mass is 10.1. The minimum Gasteiger partial charge on any atom is -0.507 e. The summed E-state index contributed by atoms with van der Waals surface area (Å²) < 4.78 is 32.3. The molecular formula is C25H17F2N3O4. The van der Waals surface area contributed by atoms with Crippen molar-refractivity contribution in [2.75, 3.05) is 10.6 Å². The maximum absolute atomic E-state index is 13.3. The van der Waals surface area contributed by atoms with Gasteiger partial charge in [0, 0.05) is 41.5 Å². The van der Waals surface area contributed by atoms with E-state index in [1.165, 1.54) is 12.1 Å². The lowest BCUT2D eigenvalue weighted by Gasteiger charge is -2.11. The molecule has 0 saturated heterocycles. The molecule has 3 aromatic carbocycles. The first-order chi connectivity index (χ1) is 16.4. The van der Waals surface area contributed by atoms with Crippen molar-refractivity contribution in [1.82, 2.24) is 4.98 Å². The number of benzene rings is 3. The van der Waals surface area contributed by atoms with Crippen LogP contribution < -0.4 is 15.4 Å². The van der Waals surface area contributed by atoms with Crippen LogP contribution in [0, 0.1) is 11.6 Å². The highest BCUT2D eigenvalue weighted by Gasteiger charge is 2.15. The Bertz CT molecular complexity index is 1330. The Labute approximate surface area is 192 Å². The maximum atomic E-state index is 13.3. The molecule has 4 rings (SSSR count). The molecule has 1 heterocycles. The van der Waals surface area contributed by atoms with Crippen molar-refractivity contribution in [2.45, 2.75) is 0 Å². The van der Waals surface area contributed by atoms with Crippen LogP contribution in [0.1, 0.15) is 20.7 Å². The fourth-order valence-electron chi connectivity index (χ4n) is 3.04. The molecule has 0 saturated carbocycles. The quantitative estimate of drug-likeness (QED) is 0.359. The van der Waals surface area contributed by atoms with E-state index in [0.717, 1.165) is 18.2 Å². The molecule has 0 aliphatic carbocycles. The molecular weight excluding hydrogens is 444 g/mol. The van der Waals surface area contributed by atoms with E-state index in [0.29, 0.717) is 23.3 Å². The molecule has 34 heavy (non-hydrogen) atoms. The number of phenols is 1. The average molecular weight is 461 g/mol. The number of amides is 2. The van der Waals surface area contributed by atoms with Crippen LogP contribution >= 0.6 is 0 Å². The Hall–Kier alpha value is -4.79. The Morgan fingerprint density at radius 2 is 1.32 bits per heavy atom. The smallest absolute Gasteiger partial charge is 0.259 e. The zero-order valence-corrected chi connectivity index (χ0v) is 17.5. The second-order valence-corrected chi connectivity index (χ2v) is 7.11. The van der Waals surface area contributed by atoms with E-state index in [4.69, 9.17) is 4.74 Å². The van der Waals surface area contributed by atoms with E-state index in [-0.39, 0.29) is 16.8 Å². The van der Waals surface area contributed by atoms with Crippen LogP contribution in [-0.4, -0.2) is 21.9 Å². The van der Waals surface area contributed by atoms with Gasteiger partial charge < -0.3 is 20.5 Å². The number of rotatable bonds is 6. The van der Waals surface area contributed by atoms with Crippen molar-refractivity contribution in [3.05, 3.63) is 108 Å². The van der Waals surface area contributed by atoms with Crippen molar-refractivity contribution < 1.29 is 28.2 Å². The monoisotopic (exact) mass is 461 g/mol. The minimum absolute atomic E-state index is 0.0353. The number of halogens is 2. The molecule has 0 fully saturated rings. The zero-order valence-electron chi connectivity index (χ0n) is 17.5. The molecule has 1 aromatic heterocycles. The molecule has 0 atom stereocenters. The Morgan fingerprint density at radius 3 is 1.97 bits per heavy atom. The number of pyridine rings is 1. The highest BCUT2D eigenvalue weighted by molar-refractivity contribution is 6.07. The molecule has 0 spiro atoms. The van der Waals surface area contributed by atoms with Gasteiger partial charge in [-0.15, -0.1) is 0 Å². The van der Waals surface area contributed by atoms with Gasteiger partial charge in [-0.3, -0.25) is 14.6 Å². The van der Waals surface area contributed by atoms with Crippen LogP contribution in [0.4, 0.5) is 20.2 Å². The molecule has 3 N–H and O–H groups in total. The third kappa shape index (κ3) is 5.52. The summed E-state index contributed by atoms with van der Waals surface area (Å²) in [7, 11) is 0. The second kappa shape index (κ2) is 9.78. The van der Waals surface area contributed by atoms with Crippen LogP contribution in [0.3, 0.4) is 0 Å². The molecule has 170 valence electrons.